The molecule has 0 unspecified atom stereocenters. The van der Waals surface area contributed by atoms with Gasteiger partial charge >= 0.3 is 0 Å². The van der Waals surface area contributed by atoms with Crippen LogP contribution in [0.2, 0.25) is 0 Å². The van der Waals surface area contributed by atoms with Crippen molar-refractivity contribution in [2.45, 2.75) is 12.8 Å². The van der Waals surface area contributed by atoms with E-state index in [9.17, 15) is 9.59 Å². The number of nitrogens with zero attached hydrogens (tertiary/aromatic N) is 1. The van der Waals surface area contributed by atoms with Crippen LogP contribution in [0.15, 0.2) is 24.3 Å². The predicted octanol–water partition coefficient (Wildman–Crippen LogP) is 1.09. The number of anilines is 1. The molecule has 22 heavy (non-hydrogen) atoms. The Hall–Kier alpha value is -2.08. The summed E-state index contributed by atoms with van der Waals surface area (Å²) < 4.78 is 5.41. The monoisotopic (exact) mass is 305 g/mol. The molecule has 120 valence electrons. The molecule has 1 fully saturated rings. The molecule has 1 saturated carbocycles. The molecule has 2 rings (SSSR count). The predicted molar refractivity (Wildman–Crippen MR) is 84.9 cm³/mol. The summed E-state index contributed by atoms with van der Waals surface area (Å²) in [5, 5.41) is 5.95. The number of benzene rings is 1. The molecule has 0 spiro atoms. The standard InChI is InChI=1S/C16H23N3O3/c1-19(2)16(21)11-22-14-5-3-4-13(8-14)18-15(20)10-17-9-12-6-7-12/h3-5,8,12,17H,6-7,9-11H2,1-2H3,(H,18,20). The number of carbonyl (C=O) groups excluding carboxylic acids is 2. The van der Waals surface area contributed by atoms with Gasteiger partial charge in [0.25, 0.3) is 5.91 Å². The van der Waals surface area contributed by atoms with Gasteiger partial charge in [-0.25, -0.2) is 0 Å². The van der Waals surface area contributed by atoms with Gasteiger partial charge in [0.1, 0.15) is 5.75 Å². The summed E-state index contributed by atoms with van der Waals surface area (Å²) in [5.74, 6) is 1.11. The van der Waals surface area contributed by atoms with Gasteiger partial charge in [-0.2, -0.15) is 0 Å². The van der Waals surface area contributed by atoms with E-state index in [0.29, 0.717) is 18.0 Å². The first kappa shape index (κ1) is 16.3. The number of hydrogen-bond donors (Lipinski definition) is 2. The maximum atomic E-state index is 11.8. The van der Waals surface area contributed by atoms with Gasteiger partial charge in [0.05, 0.1) is 6.54 Å². The molecule has 1 aromatic carbocycles. The van der Waals surface area contributed by atoms with E-state index in [-0.39, 0.29) is 18.4 Å². The first-order valence-corrected chi connectivity index (χ1v) is 7.48. The van der Waals surface area contributed by atoms with Crippen molar-refractivity contribution in [2.24, 2.45) is 5.92 Å². The van der Waals surface area contributed by atoms with Crippen LogP contribution in [0.4, 0.5) is 5.69 Å². The molecule has 2 N–H and O–H groups in total. The number of carbonyl (C=O) groups is 2. The third-order valence-corrected chi connectivity index (χ3v) is 3.39. The first-order valence-electron chi connectivity index (χ1n) is 7.48. The van der Waals surface area contributed by atoms with Crippen LogP contribution in [-0.4, -0.2) is 50.5 Å². The van der Waals surface area contributed by atoms with Crippen molar-refractivity contribution in [3.8, 4) is 5.75 Å². The topological polar surface area (TPSA) is 70.7 Å². The summed E-state index contributed by atoms with van der Waals surface area (Å²) in [6.45, 7) is 1.19. The summed E-state index contributed by atoms with van der Waals surface area (Å²) in [6, 6.07) is 7.04. The summed E-state index contributed by atoms with van der Waals surface area (Å²) in [5.41, 5.74) is 0.660. The van der Waals surface area contributed by atoms with E-state index in [1.165, 1.54) is 17.7 Å². The van der Waals surface area contributed by atoms with Crippen LogP contribution >= 0.6 is 0 Å². The fourth-order valence-corrected chi connectivity index (χ4v) is 1.85. The zero-order valence-electron chi connectivity index (χ0n) is 13.1. The summed E-state index contributed by atoms with van der Waals surface area (Å²) in [4.78, 5) is 24.8. The number of nitrogens with one attached hydrogen (secondary N) is 2. The van der Waals surface area contributed by atoms with E-state index in [4.69, 9.17) is 4.74 Å². The molecule has 2 amide bonds. The molecule has 1 aromatic rings. The van der Waals surface area contributed by atoms with Crippen LogP contribution in [0.5, 0.6) is 5.75 Å². The Morgan fingerprint density at radius 3 is 2.77 bits per heavy atom. The van der Waals surface area contributed by atoms with E-state index in [1.807, 2.05) is 0 Å². The molecule has 1 aliphatic carbocycles. The lowest BCUT2D eigenvalue weighted by Crippen LogP contribution is -2.29. The molecule has 0 aliphatic heterocycles. The molecule has 0 atom stereocenters. The lowest BCUT2D eigenvalue weighted by atomic mass is 10.3. The van der Waals surface area contributed by atoms with Crippen molar-refractivity contribution in [1.82, 2.24) is 10.2 Å². The third kappa shape index (κ3) is 5.73. The van der Waals surface area contributed by atoms with Gasteiger partial charge in [-0.15, -0.1) is 0 Å². The molecular weight excluding hydrogens is 282 g/mol. The Balaban J connectivity index is 1.76. The quantitative estimate of drug-likeness (QED) is 0.754. The second-order valence-electron chi connectivity index (χ2n) is 5.73. The Morgan fingerprint density at radius 1 is 1.32 bits per heavy atom. The van der Waals surface area contributed by atoms with Crippen molar-refractivity contribution in [3.05, 3.63) is 24.3 Å². The number of rotatable bonds is 8. The summed E-state index contributed by atoms with van der Waals surface area (Å²) in [6.07, 6.45) is 2.53. The van der Waals surface area contributed by atoms with Crippen molar-refractivity contribution in [1.29, 1.82) is 0 Å². The minimum absolute atomic E-state index is 0.0205. The van der Waals surface area contributed by atoms with Gasteiger partial charge in [-0.3, -0.25) is 9.59 Å². The zero-order valence-corrected chi connectivity index (χ0v) is 13.1. The van der Waals surface area contributed by atoms with Crippen LogP contribution in [-0.2, 0) is 9.59 Å². The molecule has 0 heterocycles. The number of likely N-dealkylation sites (N-methyl/N-ethyl adjacent to an activating group) is 1. The molecule has 6 heteroatoms. The lowest BCUT2D eigenvalue weighted by molar-refractivity contribution is -0.130. The van der Waals surface area contributed by atoms with Gasteiger partial charge in [0.15, 0.2) is 6.61 Å². The Morgan fingerprint density at radius 2 is 2.09 bits per heavy atom. The zero-order chi connectivity index (χ0) is 15.9. The van der Waals surface area contributed by atoms with Crippen molar-refractivity contribution < 1.29 is 14.3 Å². The van der Waals surface area contributed by atoms with E-state index in [1.54, 1.807) is 38.4 Å². The Labute approximate surface area is 130 Å². The summed E-state index contributed by atoms with van der Waals surface area (Å²) in [7, 11) is 3.36. The van der Waals surface area contributed by atoms with Gasteiger partial charge < -0.3 is 20.3 Å². The fourth-order valence-electron chi connectivity index (χ4n) is 1.85. The van der Waals surface area contributed by atoms with Gasteiger partial charge in [0.2, 0.25) is 5.91 Å². The molecule has 0 aromatic heterocycles. The number of amides is 2. The Kier molecular flexibility index (Phi) is 5.77. The number of hydrogen-bond acceptors (Lipinski definition) is 4. The fraction of sp³-hybridized carbons (Fsp3) is 0.500. The van der Waals surface area contributed by atoms with Crippen molar-refractivity contribution >= 4 is 17.5 Å². The van der Waals surface area contributed by atoms with E-state index in [2.05, 4.69) is 10.6 Å². The average molecular weight is 305 g/mol. The molecule has 1 aliphatic rings. The Bertz CT molecular complexity index is 527. The number of ether oxygens (including phenoxy) is 1. The normalized spacial score (nSPS) is 13.5. The van der Waals surface area contributed by atoms with Crippen LogP contribution in [0.1, 0.15) is 12.8 Å². The van der Waals surface area contributed by atoms with Crippen molar-refractivity contribution in [3.63, 3.8) is 0 Å². The second kappa shape index (κ2) is 7.79. The van der Waals surface area contributed by atoms with Gasteiger partial charge in [-0.05, 0) is 37.4 Å². The highest BCUT2D eigenvalue weighted by molar-refractivity contribution is 5.92. The SMILES string of the molecule is CN(C)C(=O)COc1cccc(NC(=O)CNCC2CC2)c1. The molecule has 0 radical (unpaired) electrons. The van der Waals surface area contributed by atoms with E-state index in [0.717, 1.165) is 12.5 Å². The summed E-state index contributed by atoms with van der Waals surface area (Å²) >= 11 is 0. The van der Waals surface area contributed by atoms with E-state index < -0.39 is 0 Å². The smallest absolute Gasteiger partial charge is 0.259 e. The first-order chi connectivity index (χ1) is 10.5. The van der Waals surface area contributed by atoms with Crippen LogP contribution in [0, 0.1) is 5.92 Å². The third-order valence-electron chi connectivity index (χ3n) is 3.39. The highest BCUT2D eigenvalue weighted by Gasteiger charge is 2.20. The minimum atomic E-state index is -0.112. The van der Waals surface area contributed by atoms with Crippen molar-refractivity contribution in [2.75, 3.05) is 39.1 Å². The minimum Gasteiger partial charge on any atom is -0.484 e. The maximum Gasteiger partial charge on any atom is 0.259 e. The molecule has 0 bridgehead atoms. The molecule has 6 nitrogen and oxygen atoms in total. The van der Waals surface area contributed by atoms with Crippen LogP contribution in [0.3, 0.4) is 0 Å². The van der Waals surface area contributed by atoms with E-state index >= 15 is 0 Å². The maximum absolute atomic E-state index is 11.8. The van der Waals surface area contributed by atoms with Crippen LogP contribution < -0.4 is 15.4 Å². The second-order valence-corrected chi connectivity index (χ2v) is 5.73. The highest BCUT2D eigenvalue weighted by Crippen LogP contribution is 2.27. The molecular formula is C16H23N3O3. The van der Waals surface area contributed by atoms with Gasteiger partial charge in [0, 0.05) is 25.8 Å². The van der Waals surface area contributed by atoms with Gasteiger partial charge in [-0.1, -0.05) is 6.07 Å². The highest BCUT2D eigenvalue weighted by atomic mass is 16.5. The average Bonchev–Trinajstić information content (AvgIpc) is 3.29. The largest absolute Gasteiger partial charge is 0.484 e. The van der Waals surface area contributed by atoms with Crippen LogP contribution in [0.25, 0.3) is 0 Å². The molecule has 0 saturated heterocycles. The lowest BCUT2D eigenvalue weighted by Gasteiger charge is -2.12.